The van der Waals surface area contributed by atoms with Gasteiger partial charge in [0, 0.05) is 52.1 Å². The van der Waals surface area contributed by atoms with Crippen molar-refractivity contribution in [2.45, 2.75) is 19.6 Å². The van der Waals surface area contributed by atoms with Crippen molar-refractivity contribution in [1.29, 1.82) is 0 Å². The summed E-state index contributed by atoms with van der Waals surface area (Å²) in [5, 5.41) is 79.8. The molecule has 0 spiro atoms. The standard InChI is InChI=1S/2C20H14ClN7O11S2.Cr/c2*1-39-20-24-18(21)23-19(25-20)22-12-7-10(40(33,34)35)4-8-5-14(41(36,37)38)16(17(30)15(8)12)27-26-11-6-9(28(31)32)2-3-13(11)29;/h2*2-7,29-30H,1H3,(H,33,34,35)(H,36,37,38)(H,22,23,24,25);/p+5. The first kappa shape index (κ1) is 63.4. The number of nitro benzene ring substituents is 2. The maximum Gasteiger partial charge on any atom is 0.629 e. The summed E-state index contributed by atoms with van der Waals surface area (Å²) in [7, 11) is -17.6. The zero-order valence-corrected chi connectivity index (χ0v) is 46.7. The van der Waals surface area contributed by atoms with Crippen LogP contribution in [0.25, 0.3) is 21.5 Å². The van der Waals surface area contributed by atoms with Crippen molar-refractivity contribution < 1.29 is 134 Å². The minimum atomic E-state index is -5.20. The number of phenolic OH excluding ortho intramolecular Hbond substituents is 4. The zero-order chi connectivity index (χ0) is 60.6. The molecular formula is C40H33Cl2CrN14O22S4+5. The smallest absolute Gasteiger partial charge is 0.506 e. The molecule has 0 saturated heterocycles. The number of nitrogens with one attached hydrogen (secondary N) is 5. The predicted molar refractivity (Wildman–Crippen MR) is 274 cm³/mol. The number of amidine groups is 2. The van der Waals surface area contributed by atoms with Crippen LogP contribution in [0.5, 0.6) is 29.0 Å². The molecule has 0 saturated carbocycles. The van der Waals surface area contributed by atoms with E-state index in [1.807, 2.05) is 0 Å². The molecule has 6 aromatic carbocycles. The Kier molecular flexibility index (Phi) is 18.6. The van der Waals surface area contributed by atoms with Gasteiger partial charge in [0.2, 0.25) is 22.7 Å². The summed E-state index contributed by atoms with van der Waals surface area (Å²) in [6.07, 6.45) is 0. The Morgan fingerprint density at radius 3 is 1.77 bits per heavy atom. The molecule has 0 aliphatic carbocycles. The number of anilines is 2. The van der Waals surface area contributed by atoms with Gasteiger partial charge in [0.1, 0.15) is 38.1 Å². The molecule has 36 nitrogen and oxygen atoms in total. The first-order chi connectivity index (χ1) is 38.2. The van der Waals surface area contributed by atoms with Gasteiger partial charge in [-0.2, -0.15) is 48.6 Å². The van der Waals surface area contributed by atoms with Crippen LogP contribution < -0.4 is 35.5 Å². The molecule has 1 aliphatic rings. The van der Waals surface area contributed by atoms with E-state index >= 15 is 0 Å². The van der Waals surface area contributed by atoms with E-state index in [-0.39, 0.29) is 84.8 Å². The van der Waals surface area contributed by atoms with E-state index in [1.165, 1.54) is 19.5 Å². The maximum absolute atomic E-state index is 12.2. The topological polar surface area (TPSA) is 563 Å². The van der Waals surface area contributed by atoms with Crippen LogP contribution >= 0.6 is 23.2 Å². The van der Waals surface area contributed by atoms with E-state index in [1.54, 1.807) is 0 Å². The number of ether oxygens (including phenoxy) is 2. The number of benzene rings is 6. The Morgan fingerprint density at radius 2 is 1.22 bits per heavy atom. The molecule has 7 aromatic rings. The Hall–Kier alpha value is -8.83. The van der Waals surface area contributed by atoms with E-state index in [0.717, 1.165) is 66.7 Å². The number of aromatic hydroxyl groups is 4. The molecule has 0 unspecified atom stereocenters. The number of methoxy groups -OCH3 is 2. The van der Waals surface area contributed by atoms with Gasteiger partial charge in [0.15, 0.2) is 16.3 Å². The number of fused-ring (bicyclic) bond motifs is 2. The molecule has 0 bridgehead atoms. The van der Waals surface area contributed by atoms with Crippen molar-refractivity contribution in [3.05, 3.63) is 98.3 Å². The SMILES string of the molecule is COC1=[NH+]C(Cl)=[NH+]C(=[NH+]c2cc(S(=O)(=O)O)cc3cc(S(=O)(=O)O)c([NH+]=Nc4cc([N+](=O)[O-])ccc4O)c(O)c23)[NH2+]1.COc1nc(Cl)nc(Nc2cc(S(=O)(=O)O)cc3cc(S(=O)(=O)O)c(N=Nc4cc([N+](=O)[O-])ccc4O)c(O)c23)n1.[Cr]. The summed E-state index contributed by atoms with van der Waals surface area (Å²) >= 11 is 11.8. The minimum absolute atomic E-state index is 0. The number of non-ortho nitro benzene ring substituents is 2. The van der Waals surface area contributed by atoms with Gasteiger partial charge in [0.25, 0.3) is 47.4 Å². The van der Waals surface area contributed by atoms with Crippen LogP contribution in [0.2, 0.25) is 5.28 Å². The fourth-order valence-electron chi connectivity index (χ4n) is 7.05. The van der Waals surface area contributed by atoms with E-state index in [4.69, 9.17) is 32.7 Å². The molecule has 2 heterocycles. The van der Waals surface area contributed by atoms with E-state index < -0.39 is 127 Å². The first-order valence-corrected chi connectivity index (χ1v) is 27.8. The Bertz CT molecular complexity index is 4540. The van der Waals surface area contributed by atoms with Crippen molar-refractivity contribution >= 4 is 154 Å². The Balaban J connectivity index is 0.000000263. The van der Waals surface area contributed by atoms with Gasteiger partial charge in [-0.05, 0) is 69.8 Å². The normalized spacial score (nSPS) is 13.5. The summed E-state index contributed by atoms with van der Waals surface area (Å²) in [4.78, 5) is 36.4. The van der Waals surface area contributed by atoms with E-state index in [0.29, 0.717) is 6.07 Å². The fraction of sp³-hybridized carbons (Fsp3) is 0.0500. The quantitative estimate of drug-likeness (QED) is 0.0143. The van der Waals surface area contributed by atoms with E-state index in [9.17, 15) is 92.5 Å². The molecule has 1 aromatic heterocycles. The summed E-state index contributed by atoms with van der Waals surface area (Å²) in [6.45, 7) is 0. The van der Waals surface area contributed by atoms with Crippen molar-refractivity contribution in [3.63, 3.8) is 0 Å². The van der Waals surface area contributed by atoms with Crippen LogP contribution in [-0.4, -0.2) is 129 Å². The molecule has 1 aliphatic heterocycles. The fourth-order valence-corrected chi connectivity index (χ4v) is 9.82. The van der Waals surface area contributed by atoms with Crippen molar-refractivity contribution in [1.82, 2.24) is 15.0 Å². The average Bonchev–Trinajstić information content (AvgIpc) is 3.56. The second kappa shape index (κ2) is 24.3. The van der Waals surface area contributed by atoms with E-state index in [2.05, 4.69) is 55.7 Å². The number of nitrogens with zero attached hydrogens (tertiary/aromatic N) is 8. The third-order valence-corrected chi connectivity index (χ3v) is 14.3. The molecule has 15 N–H and O–H groups in total. The number of rotatable bonds is 14. The molecule has 0 amide bonds. The maximum atomic E-state index is 12.2. The second-order valence-corrected chi connectivity index (χ2v) is 22.2. The Morgan fingerprint density at radius 1 is 0.663 bits per heavy atom. The molecule has 43 heteroatoms. The number of nitro groups is 2. The van der Waals surface area contributed by atoms with Crippen molar-refractivity contribution in [2.75, 3.05) is 19.5 Å². The minimum Gasteiger partial charge on any atom is -0.506 e. The summed E-state index contributed by atoms with van der Waals surface area (Å²) < 4.78 is 146. The summed E-state index contributed by atoms with van der Waals surface area (Å²) in [5.41, 5.74) is -4.18. The number of hydrogen-bond donors (Lipinski definition) is 14. The van der Waals surface area contributed by atoms with Gasteiger partial charge >= 0.3 is 33.4 Å². The van der Waals surface area contributed by atoms with Gasteiger partial charge < -0.3 is 35.2 Å². The number of quaternary nitrogens is 1. The van der Waals surface area contributed by atoms with Gasteiger partial charge in [-0.1, -0.05) is 20.4 Å². The van der Waals surface area contributed by atoms with Crippen LogP contribution in [0.4, 0.5) is 51.4 Å². The molecule has 83 heavy (non-hydrogen) atoms. The molecule has 8 rings (SSSR count). The number of azo groups is 2. The second-order valence-electron chi connectivity index (χ2n) is 15.8. The molecule has 434 valence electrons. The predicted octanol–water partition coefficient (Wildman–Crippen LogP) is -1.79. The van der Waals surface area contributed by atoms with Crippen LogP contribution in [0.3, 0.4) is 0 Å². The van der Waals surface area contributed by atoms with Gasteiger partial charge in [-0.3, -0.25) is 38.4 Å². The van der Waals surface area contributed by atoms with Crippen LogP contribution in [-0.2, 0) is 62.6 Å². The third kappa shape index (κ3) is 14.6. The average molecular weight is 1310 g/mol. The molecule has 0 radical (unpaired) electrons. The van der Waals surface area contributed by atoms with Crippen molar-refractivity contribution in [3.8, 4) is 29.0 Å². The van der Waals surface area contributed by atoms with Crippen LogP contribution in [0.15, 0.2) is 108 Å². The van der Waals surface area contributed by atoms with Gasteiger partial charge in [-0.15, -0.1) is 10.2 Å². The van der Waals surface area contributed by atoms with Gasteiger partial charge in [-0.25, -0.2) is 0 Å². The van der Waals surface area contributed by atoms with Gasteiger partial charge in [0.05, 0.1) is 52.3 Å². The number of nitrogens with two attached hydrogens (primary N) is 1. The number of guanidine groups is 1. The third-order valence-electron chi connectivity index (χ3n) is 10.6. The number of phenols is 4. The monoisotopic (exact) mass is 1310 g/mol. The summed E-state index contributed by atoms with van der Waals surface area (Å²) in [5.74, 6) is -3.36. The first-order valence-electron chi connectivity index (χ1n) is 21.3. The molecule has 0 fully saturated rings. The van der Waals surface area contributed by atoms with Crippen LogP contribution in [0, 0.1) is 20.2 Å². The Labute approximate surface area is 482 Å². The number of halogens is 2. The molecule has 0 atom stereocenters. The zero-order valence-electron chi connectivity index (χ0n) is 40.7. The molecular weight excluding hydrogens is 1280 g/mol. The number of hydrogen-bond acceptors (Lipinski definition) is 25. The largest absolute Gasteiger partial charge is 0.629 e. The van der Waals surface area contributed by atoms with Crippen LogP contribution in [0.1, 0.15) is 0 Å². The van der Waals surface area contributed by atoms with Crippen molar-refractivity contribution in [2.24, 2.45) is 15.3 Å². The number of aromatic nitrogens is 3. The summed E-state index contributed by atoms with van der Waals surface area (Å²) in [6, 6.07) is 10.1.